The van der Waals surface area contributed by atoms with Crippen LogP contribution in [0.25, 0.3) is 21.7 Å². The van der Waals surface area contributed by atoms with E-state index in [0.717, 1.165) is 40.3 Å². The average molecular weight is 480 g/mol. The molecule has 2 saturated heterocycles. The van der Waals surface area contributed by atoms with Crippen LogP contribution < -0.4 is 5.56 Å². The number of hydrogen-bond acceptors (Lipinski definition) is 4. The smallest absolute Gasteiger partial charge is 0.256 e. The predicted molar refractivity (Wildman–Crippen MR) is 136 cm³/mol. The van der Waals surface area contributed by atoms with E-state index in [4.69, 9.17) is 0 Å². The zero-order valence-corrected chi connectivity index (χ0v) is 20.5. The van der Waals surface area contributed by atoms with Crippen LogP contribution in [0.4, 0.5) is 0 Å². The Balaban J connectivity index is 1.18. The fraction of sp³-hybridized carbons (Fsp3) is 0.519. The largest absolute Gasteiger partial charge is 0.321 e. The molecular weight excluding hydrogens is 446 g/mol. The lowest BCUT2D eigenvalue weighted by atomic mass is 9.93. The zero-order valence-electron chi connectivity index (χ0n) is 19.7. The molecule has 3 heterocycles. The highest BCUT2D eigenvalue weighted by Gasteiger charge is 2.33. The highest BCUT2D eigenvalue weighted by atomic mass is 32.2. The molecule has 0 saturated carbocycles. The van der Waals surface area contributed by atoms with Crippen molar-refractivity contribution in [1.29, 1.82) is 0 Å². The second kappa shape index (κ2) is 8.77. The first kappa shape index (κ1) is 22.3. The molecule has 2 aromatic carbocycles. The van der Waals surface area contributed by atoms with Crippen molar-refractivity contribution in [3.05, 3.63) is 51.8 Å². The minimum absolute atomic E-state index is 0.116. The van der Waals surface area contributed by atoms with Crippen molar-refractivity contribution in [2.45, 2.75) is 56.3 Å². The molecule has 1 aromatic heterocycles. The monoisotopic (exact) mass is 479 g/mol. The van der Waals surface area contributed by atoms with Gasteiger partial charge < -0.3 is 9.88 Å². The number of pyridine rings is 1. The fourth-order valence-corrected chi connectivity index (χ4v) is 8.11. The predicted octanol–water partition coefficient (Wildman–Crippen LogP) is 4.25. The molecule has 0 amide bonds. The summed E-state index contributed by atoms with van der Waals surface area (Å²) in [5, 5.41) is 2.46. The van der Waals surface area contributed by atoms with Crippen molar-refractivity contribution in [1.82, 2.24) is 14.2 Å². The van der Waals surface area contributed by atoms with Crippen molar-refractivity contribution < 1.29 is 8.42 Å². The molecule has 0 bridgehead atoms. The number of hydrogen-bond donors (Lipinski definition) is 1. The fourth-order valence-electron chi connectivity index (χ4n) is 6.41. The van der Waals surface area contributed by atoms with Crippen LogP contribution in [0.5, 0.6) is 0 Å². The van der Waals surface area contributed by atoms with Crippen LogP contribution in [0, 0.1) is 5.92 Å². The second-order valence-corrected chi connectivity index (χ2v) is 12.2. The van der Waals surface area contributed by atoms with Gasteiger partial charge in [0.1, 0.15) is 0 Å². The quantitative estimate of drug-likeness (QED) is 0.420. The minimum atomic E-state index is -3.57. The number of piperidine rings is 2. The van der Waals surface area contributed by atoms with Crippen LogP contribution in [0.3, 0.4) is 0 Å². The van der Waals surface area contributed by atoms with E-state index in [-0.39, 0.29) is 5.56 Å². The van der Waals surface area contributed by atoms with E-state index in [1.165, 1.54) is 51.7 Å². The molecule has 7 heteroatoms. The van der Waals surface area contributed by atoms with E-state index in [9.17, 15) is 13.2 Å². The second-order valence-electron chi connectivity index (χ2n) is 10.3. The Morgan fingerprint density at radius 1 is 0.941 bits per heavy atom. The summed E-state index contributed by atoms with van der Waals surface area (Å²) < 4.78 is 29.2. The van der Waals surface area contributed by atoms with Gasteiger partial charge in [0.2, 0.25) is 10.0 Å². The van der Waals surface area contributed by atoms with Crippen molar-refractivity contribution in [3.63, 3.8) is 0 Å². The summed E-state index contributed by atoms with van der Waals surface area (Å²) >= 11 is 0. The SMILES string of the molecule is O=c1[nH]c2ccc(S(=O)(=O)N3CCC(CCCN4CCCCC4)CC3)c3c2c2c(cccc12)C3. The Bertz CT molecular complexity index is 1400. The standard InChI is InChI=1S/C27H33N3O3S/c31-27-21-8-4-7-20-18-22-24(10-9-23(28-27)26(22)25(20)21)34(32,33)30-16-11-19(12-17-30)6-5-15-29-13-2-1-3-14-29/h4,7-10,19H,1-3,5-6,11-18H2,(H,28,31). The first-order valence-electron chi connectivity index (χ1n) is 12.8. The summed E-state index contributed by atoms with van der Waals surface area (Å²) in [6, 6.07) is 9.18. The summed E-state index contributed by atoms with van der Waals surface area (Å²) in [4.78, 5) is 18.5. The minimum Gasteiger partial charge on any atom is -0.321 e. The van der Waals surface area contributed by atoms with Gasteiger partial charge >= 0.3 is 0 Å². The van der Waals surface area contributed by atoms with Crippen molar-refractivity contribution in [2.24, 2.45) is 5.92 Å². The van der Waals surface area contributed by atoms with Crippen molar-refractivity contribution in [2.75, 3.05) is 32.7 Å². The van der Waals surface area contributed by atoms with Gasteiger partial charge in [-0.15, -0.1) is 0 Å². The Kier molecular flexibility index (Phi) is 5.74. The lowest BCUT2D eigenvalue weighted by molar-refractivity contribution is 0.207. The van der Waals surface area contributed by atoms with Gasteiger partial charge in [-0.3, -0.25) is 4.79 Å². The molecule has 1 aliphatic carbocycles. The van der Waals surface area contributed by atoms with Gasteiger partial charge in [0.15, 0.2) is 0 Å². The van der Waals surface area contributed by atoms with Gasteiger partial charge in [0, 0.05) is 41.2 Å². The number of H-pyrrole nitrogens is 1. The van der Waals surface area contributed by atoms with E-state index in [2.05, 4.69) is 9.88 Å². The maximum Gasteiger partial charge on any atom is 0.256 e. The van der Waals surface area contributed by atoms with Crippen LogP contribution in [0.1, 0.15) is 56.1 Å². The number of nitrogens with zero attached hydrogens (tertiary/aromatic N) is 2. The third-order valence-corrected chi connectivity index (χ3v) is 10.2. The first-order valence-corrected chi connectivity index (χ1v) is 14.3. The number of benzene rings is 2. The van der Waals surface area contributed by atoms with Gasteiger partial charge in [-0.1, -0.05) is 18.6 Å². The van der Waals surface area contributed by atoms with Gasteiger partial charge in [-0.25, -0.2) is 8.42 Å². The lowest BCUT2D eigenvalue weighted by Crippen LogP contribution is -2.39. The first-order chi connectivity index (χ1) is 16.5. The van der Waals surface area contributed by atoms with Crippen molar-refractivity contribution in [3.8, 4) is 0 Å². The molecule has 1 N–H and O–H groups in total. The molecule has 3 aliphatic rings. The number of aromatic amines is 1. The Morgan fingerprint density at radius 3 is 2.53 bits per heavy atom. The Hall–Kier alpha value is -2.22. The number of likely N-dealkylation sites (tertiary alicyclic amines) is 1. The highest BCUT2D eigenvalue weighted by molar-refractivity contribution is 7.89. The van der Waals surface area contributed by atoms with E-state index in [1.54, 1.807) is 16.4 Å². The van der Waals surface area contributed by atoms with Crippen LogP contribution >= 0.6 is 0 Å². The zero-order chi connectivity index (χ0) is 23.3. The molecule has 3 aromatic rings. The van der Waals surface area contributed by atoms with Crippen LogP contribution in [-0.4, -0.2) is 55.3 Å². The van der Waals surface area contributed by atoms with Crippen molar-refractivity contribution >= 4 is 31.7 Å². The van der Waals surface area contributed by atoms with E-state index >= 15 is 0 Å². The number of rotatable bonds is 6. The number of aromatic nitrogens is 1. The third kappa shape index (κ3) is 3.78. The lowest BCUT2D eigenvalue weighted by Gasteiger charge is -2.32. The van der Waals surface area contributed by atoms with E-state index < -0.39 is 10.0 Å². The van der Waals surface area contributed by atoms with E-state index in [0.29, 0.717) is 35.7 Å². The highest BCUT2D eigenvalue weighted by Crippen LogP contribution is 2.40. The Morgan fingerprint density at radius 2 is 1.74 bits per heavy atom. The van der Waals surface area contributed by atoms with Crippen LogP contribution in [-0.2, 0) is 16.4 Å². The molecular formula is C27H33N3O3S. The maximum atomic E-state index is 13.7. The molecule has 6 nitrogen and oxygen atoms in total. The summed E-state index contributed by atoms with van der Waals surface area (Å²) in [6.45, 7) is 4.88. The molecule has 0 atom stereocenters. The molecule has 6 rings (SSSR count). The van der Waals surface area contributed by atoms with Gasteiger partial charge in [-0.2, -0.15) is 4.31 Å². The molecule has 180 valence electrons. The molecule has 34 heavy (non-hydrogen) atoms. The molecule has 2 fully saturated rings. The topological polar surface area (TPSA) is 73.5 Å². The molecule has 0 spiro atoms. The summed E-state index contributed by atoms with van der Waals surface area (Å²) in [5.74, 6) is 0.622. The third-order valence-electron chi connectivity index (χ3n) is 8.26. The summed E-state index contributed by atoms with van der Waals surface area (Å²) in [7, 11) is -3.57. The molecule has 0 unspecified atom stereocenters. The van der Waals surface area contributed by atoms with Crippen LogP contribution in [0.15, 0.2) is 40.0 Å². The molecule has 0 radical (unpaired) electrons. The Labute approximate surface area is 201 Å². The molecule has 2 aliphatic heterocycles. The normalized spacial score (nSPS) is 20.1. The van der Waals surface area contributed by atoms with Gasteiger partial charge in [-0.05, 0) is 93.4 Å². The van der Waals surface area contributed by atoms with Crippen LogP contribution in [0.2, 0.25) is 0 Å². The number of nitrogens with one attached hydrogen (secondary N) is 1. The number of sulfonamides is 1. The van der Waals surface area contributed by atoms with Gasteiger partial charge in [0.25, 0.3) is 5.56 Å². The summed E-state index contributed by atoms with van der Waals surface area (Å²) in [5.41, 5.74) is 2.49. The van der Waals surface area contributed by atoms with Gasteiger partial charge in [0.05, 0.1) is 4.90 Å². The van der Waals surface area contributed by atoms with E-state index in [1.807, 2.05) is 18.2 Å². The average Bonchev–Trinajstić information content (AvgIpc) is 3.25. The summed E-state index contributed by atoms with van der Waals surface area (Å²) in [6.07, 6.45) is 8.91. The maximum absolute atomic E-state index is 13.7.